The van der Waals surface area contributed by atoms with Crippen LogP contribution in [0.4, 0.5) is 0 Å². The molecule has 0 unspecified atom stereocenters. The van der Waals surface area contributed by atoms with Gasteiger partial charge in [0.05, 0.1) is 0 Å². The zero-order valence-electron chi connectivity index (χ0n) is 9.01. The van der Waals surface area contributed by atoms with E-state index in [0.29, 0.717) is 12.0 Å². The molecule has 0 aromatic rings. The molecule has 2 nitrogen and oxygen atoms in total. The summed E-state index contributed by atoms with van der Waals surface area (Å²) in [4.78, 5) is 10.7. The minimum Gasteiger partial charge on any atom is -0.478 e. The molecule has 0 saturated heterocycles. The molecule has 1 N–H and O–H groups in total. The number of carboxylic acid groups (broad SMARTS) is 1. The Kier molecular flexibility index (Phi) is 3.73. The van der Waals surface area contributed by atoms with E-state index < -0.39 is 5.97 Å². The van der Waals surface area contributed by atoms with Gasteiger partial charge in [-0.2, -0.15) is 0 Å². The van der Waals surface area contributed by atoms with Crippen LogP contribution in [0.2, 0.25) is 0 Å². The number of aliphatic carboxylic acids is 1. The van der Waals surface area contributed by atoms with Gasteiger partial charge >= 0.3 is 5.97 Å². The minimum atomic E-state index is -0.830. The van der Waals surface area contributed by atoms with E-state index in [1.807, 2.05) is 0 Å². The lowest BCUT2D eigenvalue weighted by atomic mass is 9.69. The monoisotopic (exact) mass is 196 g/mol. The predicted octanol–water partition coefficient (Wildman–Crippen LogP) is 3.38. The van der Waals surface area contributed by atoms with Crippen LogP contribution in [0.25, 0.3) is 0 Å². The summed E-state index contributed by atoms with van der Waals surface area (Å²) >= 11 is 0. The highest BCUT2D eigenvalue weighted by atomic mass is 16.4. The first-order valence-corrected chi connectivity index (χ1v) is 5.51. The second-order valence-electron chi connectivity index (χ2n) is 4.50. The van der Waals surface area contributed by atoms with Gasteiger partial charge in [0.2, 0.25) is 0 Å². The standard InChI is InChI=1S/C12H20O2/c1-3-12(7-5-4-6-8-12)9-10(2)11(13)14/h2-9H2,1H3,(H,13,14). The van der Waals surface area contributed by atoms with Gasteiger partial charge in [0, 0.05) is 5.57 Å². The molecule has 80 valence electrons. The molecule has 0 atom stereocenters. The number of hydrogen-bond donors (Lipinski definition) is 1. The lowest BCUT2D eigenvalue weighted by Gasteiger charge is -2.36. The van der Waals surface area contributed by atoms with Gasteiger partial charge in [0.1, 0.15) is 0 Å². The van der Waals surface area contributed by atoms with Gasteiger partial charge in [-0.1, -0.05) is 39.2 Å². The molecule has 2 heteroatoms. The fraction of sp³-hybridized carbons (Fsp3) is 0.750. The molecule has 1 fully saturated rings. The molecule has 0 bridgehead atoms. The maximum atomic E-state index is 10.7. The molecule has 0 amide bonds. The summed E-state index contributed by atoms with van der Waals surface area (Å²) < 4.78 is 0. The highest BCUT2D eigenvalue weighted by molar-refractivity contribution is 5.85. The maximum absolute atomic E-state index is 10.7. The van der Waals surface area contributed by atoms with Crippen LogP contribution in [0, 0.1) is 5.41 Å². The Bertz CT molecular complexity index is 224. The van der Waals surface area contributed by atoms with Crippen molar-refractivity contribution >= 4 is 5.97 Å². The topological polar surface area (TPSA) is 37.3 Å². The van der Waals surface area contributed by atoms with Crippen molar-refractivity contribution in [2.24, 2.45) is 5.41 Å². The van der Waals surface area contributed by atoms with Crippen LogP contribution < -0.4 is 0 Å². The highest BCUT2D eigenvalue weighted by Gasteiger charge is 2.31. The van der Waals surface area contributed by atoms with Gasteiger partial charge in [0.25, 0.3) is 0 Å². The van der Waals surface area contributed by atoms with Gasteiger partial charge in [-0.3, -0.25) is 0 Å². The lowest BCUT2D eigenvalue weighted by molar-refractivity contribution is -0.133. The summed E-state index contributed by atoms with van der Waals surface area (Å²) in [6, 6.07) is 0. The van der Waals surface area contributed by atoms with Gasteiger partial charge in [0.15, 0.2) is 0 Å². The molecule has 0 aliphatic heterocycles. The fourth-order valence-electron chi connectivity index (χ4n) is 2.49. The Morgan fingerprint density at radius 3 is 2.36 bits per heavy atom. The van der Waals surface area contributed by atoms with Crippen LogP contribution in [-0.2, 0) is 4.79 Å². The van der Waals surface area contributed by atoms with Crippen molar-refractivity contribution in [2.45, 2.75) is 51.9 Å². The Labute approximate surface area is 86.0 Å². The lowest BCUT2D eigenvalue weighted by Crippen LogP contribution is -2.25. The van der Waals surface area contributed by atoms with E-state index in [1.54, 1.807) is 0 Å². The quantitative estimate of drug-likeness (QED) is 0.700. The molecule has 0 aromatic heterocycles. The highest BCUT2D eigenvalue weighted by Crippen LogP contribution is 2.43. The summed E-state index contributed by atoms with van der Waals surface area (Å²) in [7, 11) is 0. The Morgan fingerprint density at radius 1 is 1.36 bits per heavy atom. The first-order chi connectivity index (χ1) is 6.59. The second kappa shape index (κ2) is 4.63. The fourth-order valence-corrected chi connectivity index (χ4v) is 2.49. The number of carbonyl (C=O) groups is 1. The van der Waals surface area contributed by atoms with E-state index in [-0.39, 0.29) is 5.41 Å². The third kappa shape index (κ3) is 2.60. The molecule has 1 rings (SSSR count). The van der Waals surface area contributed by atoms with E-state index >= 15 is 0 Å². The van der Waals surface area contributed by atoms with Crippen molar-refractivity contribution in [3.05, 3.63) is 12.2 Å². The average Bonchev–Trinajstić information content (AvgIpc) is 2.19. The Morgan fingerprint density at radius 2 is 1.93 bits per heavy atom. The maximum Gasteiger partial charge on any atom is 0.330 e. The molecule has 0 radical (unpaired) electrons. The van der Waals surface area contributed by atoms with E-state index in [2.05, 4.69) is 13.5 Å². The van der Waals surface area contributed by atoms with Crippen LogP contribution in [0.3, 0.4) is 0 Å². The zero-order chi connectivity index (χ0) is 10.6. The van der Waals surface area contributed by atoms with E-state index in [1.165, 1.54) is 32.1 Å². The van der Waals surface area contributed by atoms with E-state index in [9.17, 15) is 4.79 Å². The molecule has 1 saturated carbocycles. The van der Waals surface area contributed by atoms with Crippen LogP contribution in [0.5, 0.6) is 0 Å². The van der Waals surface area contributed by atoms with Gasteiger partial charge in [-0.15, -0.1) is 0 Å². The first-order valence-electron chi connectivity index (χ1n) is 5.51. The van der Waals surface area contributed by atoms with E-state index in [4.69, 9.17) is 5.11 Å². The predicted molar refractivity (Wildman–Crippen MR) is 57.2 cm³/mol. The second-order valence-corrected chi connectivity index (χ2v) is 4.50. The Hall–Kier alpha value is -0.790. The van der Waals surface area contributed by atoms with Crippen LogP contribution in [-0.4, -0.2) is 11.1 Å². The average molecular weight is 196 g/mol. The summed E-state index contributed by atoms with van der Waals surface area (Å²) in [5, 5.41) is 8.82. The third-order valence-electron chi connectivity index (χ3n) is 3.56. The summed E-state index contributed by atoms with van der Waals surface area (Å²) in [5.74, 6) is -0.830. The van der Waals surface area contributed by atoms with Gasteiger partial charge in [-0.05, 0) is 24.7 Å². The van der Waals surface area contributed by atoms with Crippen molar-refractivity contribution in [1.29, 1.82) is 0 Å². The van der Waals surface area contributed by atoms with Crippen molar-refractivity contribution < 1.29 is 9.90 Å². The SMILES string of the molecule is C=C(CC1(CC)CCCCC1)C(=O)O. The third-order valence-corrected chi connectivity index (χ3v) is 3.56. The summed E-state index contributed by atoms with van der Waals surface area (Å²) in [5.41, 5.74) is 0.627. The molecule has 14 heavy (non-hydrogen) atoms. The number of hydrogen-bond acceptors (Lipinski definition) is 1. The van der Waals surface area contributed by atoms with Gasteiger partial charge < -0.3 is 5.11 Å². The molecule has 1 aliphatic carbocycles. The molecule has 0 heterocycles. The zero-order valence-corrected chi connectivity index (χ0v) is 9.01. The Balaban J connectivity index is 2.60. The smallest absolute Gasteiger partial charge is 0.330 e. The van der Waals surface area contributed by atoms with Crippen molar-refractivity contribution in [1.82, 2.24) is 0 Å². The van der Waals surface area contributed by atoms with Crippen LogP contribution in [0.15, 0.2) is 12.2 Å². The van der Waals surface area contributed by atoms with E-state index in [0.717, 1.165) is 6.42 Å². The molecule has 0 spiro atoms. The molecule has 1 aliphatic rings. The number of rotatable bonds is 4. The van der Waals surface area contributed by atoms with Gasteiger partial charge in [-0.25, -0.2) is 4.79 Å². The minimum absolute atomic E-state index is 0.244. The van der Waals surface area contributed by atoms with Crippen LogP contribution >= 0.6 is 0 Å². The summed E-state index contributed by atoms with van der Waals surface area (Å²) in [6.45, 7) is 5.81. The van der Waals surface area contributed by atoms with Crippen molar-refractivity contribution in [2.75, 3.05) is 0 Å². The van der Waals surface area contributed by atoms with Crippen LogP contribution in [0.1, 0.15) is 51.9 Å². The largest absolute Gasteiger partial charge is 0.478 e. The first kappa shape index (κ1) is 11.3. The van der Waals surface area contributed by atoms with Crippen molar-refractivity contribution in [3.63, 3.8) is 0 Å². The summed E-state index contributed by atoms with van der Waals surface area (Å²) in [6.07, 6.45) is 7.92. The molecule has 0 aromatic carbocycles. The molecular weight excluding hydrogens is 176 g/mol. The van der Waals surface area contributed by atoms with Crippen molar-refractivity contribution in [3.8, 4) is 0 Å². The normalized spacial score (nSPS) is 20.4. The molecular formula is C12H20O2. The number of carboxylic acids is 1.